The fourth-order valence-corrected chi connectivity index (χ4v) is 3.00. The average Bonchev–Trinajstić information content (AvgIpc) is 2.94. The molecule has 1 heterocycles. The van der Waals surface area contributed by atoms with Crippen LogP contribution in [0.5, 0.6) is 11.5 Å². The molecule has 1 saturated heterocycles. The standard InChI is InChI=1S/C19H16N2O4S/c1-24-15-7-3-13(4-8-15)11-17-18(22)21(19(23)26-17)20-12-14-5-9-16(25-2)10-6-14/h3-12H,1-2H3. The molecular formula is C19H16N2O4S. The van der Waals surface area contributed by atoms with Crippen molar-refractivity contribution in [1.29, 1.82) is 0 Å². The van der Waals surface area contributed by atoms with Crippen LogP contribution in [-0.2, 0) is 4.79 Å². The molecule has 7 heteroatoms. The molecule has 0 spiro atoms. The molecule has 1 fully saturated rings. The lowest BCUT2D eigenvalue weighted by atomic mass is 10.2. The number of imide groups is 1. The van der Waals surface area contributed by atoms with E-state index in [9.17, 15) is 9.59 Å². The lowest BCUT2D eigenvalue weighted by Gasteiger charge is -2.04. The first-order valence-corrected chi connectivity index (χ1v) is 8.52. The normalized spacial score (nSPS) is 15.9. The van der Waals surface area contributed by atoms with Crippen molar-refractivity contribution >= 4 is 35.2 Å². The maximum Gasteiger partial charge on any atom is 0.314 e. The molecule has 132 valence electrons. The van der Waals surface area contributed by atoms with Gasteiger partial charge in [-0.25, -0.2) is 0 Å². The van der Waals surface area contributed by atoms with E-state index in [0.717, 1.165) is 39.4 Å². The molecule has 6 nitrogen and oxygen atoms in total. The number of hydrogen-bond acceptors (Lipinski definition) is 6. The number of nitrogens with zero attached hydrogens (tertiary/aromatic N) is 2. The summed E-state index contributed by atoms with van der Waals surface area (Å²) in [6.45, 7) is 0. The van der Waals surface area contributed by atoms with E-state index in [1.807, 2.05) is 12.1 Å². The molecule has 26 heavy (non-hydrogen) atoms. The number of rotatable bonds is 5. The number of carbonyl (C=O) groups is 2. The van der Waals surface area contributed by atoms with Gasteiger partial charge in [-0.15, -0.1) is 0 Å². The maximum atomic E-state index is 12.4. The summed E-state index contributed by atoms with van der Waals surface area (Å²) < 4.78 is 10.2. The number of hydrazone groups is 1. The van der Waals surface area contributed by atoms with Gasteiger partial charge in [-0.2, -0.15) is 10.1 Å². The number of methoxy groups -OCH3 is 2. The molecule has 2 aromatic carbocycles. The SMILES string of the molecule is COc1ccc(C=NN2C(=O)SC(=Cc3ccc(OC)cc3)C2=O)cc1. The molecule has 0 radical (unpaired) electrons. The van der Waals surface area contributed by atoms with Crippen molar-refractivity contribution in [1.82, 2.24) is 5.01 Å². The fraction of sp³-hybridized carbons (Fsp3) is 0.105. The van der Waals surface area contributed by atoms with E-state index >= 15 is 0 Å². The van der Waals surface area contributed by atoms with E-state index in [0.29, 0.717) is 4.91 Å². The zero-order valence-corrected chi connectivity index (χ0v) is 15.0. The van der Waals surface area contributed by atoms with Crippen LogP contribution in [0.15, 0.2) is 58.5 Å². The summed E-state index contributed by atoms with van der Waals surface area (Å²) >= 11 is 0.861. The molecule has 0 aliphatic carbocycles. The van der Waals surface area contributed by atoms with Crippen LogP contribution in [0.25, 0.3) is 6.08 Å². The first-order valence-electron chi connectivity index (χ1n) is 7.71. The van der Waals surface area contributed by atoms with Crippen molar-refractivity contribution in [3.8, 4) is 11.5 Å². The molecule has 1 aliphatic rings. The van der Waals surface area contributed by atoms with Crippen molar-refractivity contribution in [2.75, 3.05) is 14.2 Å². The Kier molecular flexibility index (Phi) is 5.38. The molecule has 0 bridgehead atoms. The van der Waals surface area contributed by atoms with Crippen LogP contribution >= 0.6 is 11.8 Å². The number of hydrogen-bond donors (Lipinski definition) is 0. The smallest absolute Gasteiger partial charge is 0.314 e. The zero-order valence-electron chi connectivity index (χ0n) is 14.2. The quantitative estimate of drug-likeness (QED) is 0.593. The van der Waals surface area contributed by atoms with Crippen LogP contribution in [0.1, 0.15) is 11.1 Å². The highest BCUT2D eigenvalue weighted by Crippen LogP contribution is 2.32. The summed E-state index contributed by atoms with van der Waals surface area (Å²) in [6, 6.07) is 14.3. The van der Waals surface area contributed by atoms with Crippen LogP contribution in [-0.4, -0.2) is 36.6 Å². The minimum absolute atomic E-state index is 0.326. The van der Waals surface area contributed by atoms with Crippen molar-refractivity contribution < 1.29 is 19.1 Å². The highest BCUT2D eigenvalue weighted by molar-refractivity contribution is 8.18. The van der Waals surface area contributed by atoms with E-state index in [-0.39, 0.29) is 0 Å². The van der Waals surface area contributed by atoms with Crippen molar-refractivity contribution in [3.63, 3.8) is 0 Å². The third-order valence-electron chi connectivity index (χ3n) is 3.63. The van der Waals surface area contributed by atoms with Gasteiger partial charge in [0.25, 0.3) is 5.91 Å². The molecule has 0 saturated carbocycles. The lowest BCUT2D eigenvalue weighted by Crippen LogP contribution is -2.22. The summed E-state index contributed by atoms with van der Waals surface area (Å²) in [4.78, 5) is 24.8. The lowest BCUT2D eigenvalue weighted by molar-refractivity contribution is -0.122. The van der Waals surface area contributed by atoms with E-state index in [1.54, 1.807) is 56.7 Å². The summed E-state index contributed by atoms with van der Waals surface area (Å²) in [6.07, 6.45) is 3.12. The van der Waals surface area contributed by atoms with E-state index < -0.39 is 11.1 Å². The van der Waals surface area contributed by atoms with Crippen LogP contribution < -0.4 is 9.47 Å². The predicted octanol–water partition coefficient (Wildman–Crippen LogP) is 3.77. The first kappa shape index (κ1) is 17.8. The number of benzene rings is 2. The summed E-state index contributed by atoms with van der Waals surface area (Å²) in [5.41, 5.74) is 1.56. The Bertz CT molecular complexity index is 873. The molecule has 2 amide bonds. The molecule has 3 rings (SSSR count). The molecule has 0 N–H and O–H groups in total. The summed E-state index contributed by atoms with van der Waals surface area (Å²) in [5.74, 6) is 0.996. The largest absolute Gasteiger partial charge is 0.497 e. The number of amides is 2. The average molecular weight is 368 g/mol. The molecule has 0 atom stereocenters. The first-order chi connectivity index (χ1) is 12.6. The molecular weight excluding hydrogens is 352 g/mol. The predicted molar refractivity (Wildman–Crippen MR) is 101 cm³/mol. The monoisotopic (exact) mass is 368 g/mol. The number of thioether (sulfide) groups is 1. The second kappa shape index (κ2) is 7.88. The topological polar surface area (TPSA) is 68.2 Å². The van der Waals surface area contributed by atoms with Gasteiger partial charge in [0.2, 0.25) is 0 Å². The van der Waals surface area contributed by atoms with Gasteiger partial charge in [0.05, 0.1) is 25.3 Å². The summed E-state index contributed by atoms with van der Waals surface area (Å²) in [5, 5.41) is 4.45. The third-order valence-corrected chi connectivity index (χ3v) is 4.48. The number of carbonyl (C=O) groups excluding carboxylic acids is 2. The third kappa shape index (κ3) is 3.94. The van der Waals surface area contributed by atoms with Gasteiger partial charge in [0.15, 0.2) is 0 Å². The summed E-state index contributed by atoms with van der Waals surface area (Å²) in [7, 11) is 3.17. The van der Waals surface area contributed by atoms with Crippen molar-refractivity contribution in [2.24, 2.45) is 5.10 Å². The van der Waals surface area contributed by atoms with Gasteiger partial charge in [0, 0.05) is 0 Å². The highest BCUT2D eigenvalue weighted by Gasteiger charge is 2.35. The zero-order chi connectivity index (χ0) is 18.5. The Balaban J connectivity index is 1.75. The molecule has 2 aromatic rings. The number of ether oxygens (including phenoxy) is 2. The van der Waals surface area contributed by atoms with Gasteiger partial charge in [-0.1, -0.05) is 12.1 Å². The maximum absolute atomic E-state index is 12.4. The van der Waals surface area contributed by atoms with Gasteiger partial charge in [-0.05, 0) is 65.4 Å². The van der Waals surface area contributed by atoms with Crippen LogP contribution in [0.4, 0.5) is 4.79 Å². The minimum atomic E-state index is -0.444. The van der Waals surface area contributed by atoms with Crippen LogP contribution in [0.3, 0.4) is 0 Å². The fourth-order valence-electron chi connectivity index (χ4n) is 2.22. The Morgan fingerprint density at radius 2 is 1.42 bits per heavy atom. The van der Waals surface area contributed by atoms with Gasteiger partial charge < -0.3 is 9.47 Å². The Morgan fingerprint density at radius 1 is 0.885 bits per heavy atom. The Labute approximate surface area is 155 Å². The molecule has 1 aliphatic heterocycles. The van der Waals surface area contributed by atoms with Crippen molar-refractivity contribution in [3.05, 3.63) is 64.6 Å². The Hall–Kier alpha value is -3.06. The Morgan fingerprint density at radius 3 is 1.96 bits per heavy atom. The van der Waals surface area contributed by atoms with Gasteiger partial charge in [-0.3, -0.25) is 9.59 Å². The molecule has 0 unspecified atom stereocenters. The van der Waals surface area contributed by atoms with E-state index in [4.69, 9.17) is 9.47 Å². The van der Waals surface area contributed by atoms with Crippen molar-refractivity contribution in [2.45, 2.75) is 0 Å². The van der Waals surface area contributed by atoms with E-state index in [1.165, 1.54) is 6.21 Å². The van der Waals surface area contributed by atoms with Gasteiger partial charge >= 0.3 is 5.24 Å². The second-order valence-corrected chi connectivity index (χ2v) is 6.28. The minimum Gasteiger partial charge on any atom is -0.497 e. The van der Waals surface area contributed by atoms with Crippen LogP contribution in [0, 0.1) is 0 Å². The van der Waals surface area contributed by atoms with Gasteiger partial charge in [0.1, 0.15) is 11.5 Å². The van der Waals surface area contributed by atoms with Crippen LogP contribution in [0.2, 0.25) is 0 Å². The highest BCUT2D eigenvalue weighted by atomic mass is 32.2. The van der Waals surface area contributed by atoms with E-state index in [2.05, 4.69) is 5.10 Å². The second-order valence-electron chi connectivity index (χ2n) is 5.28. The molecule has 0 aromatic heterocycles.